The Balaban J connectivity index is 1.60. The highest BCUT2D eigenvalue weighted by atomic mass is 35.5. The Bertz CT molecular complexity index is 1130. The molecule has 0 spiro atoms. The number of nitrogens with zero attached hydrogens (tertiary/aromatic N) is 3. The molecule has 1 aliphatic heterocycles. The van der Waals surface area contributed by atoms with Gasteiger partial charge in [0.2, 0.25) is 0 Å². The van der Waals surface area contributed by atoms with E-state index in [1.54, 1.807) is 42.5 Å². The van der Waals surface area contributed by atoms with Crippen LogP contribution >= 0.6 is 11.6 Å². The highest BCUT2D eigenvalue weighted by Crippen LogP contribution is 2.31. The van der Waals surface area contributed by atoms with Crippen LogP contribution in [-0.4, -0.2) is 33.2 Å². The third kappa shape index (κ3) is 4.69. The van der Waals surface area contributed by atoms with E-state index in [1.807, 2.05) is 0 Å². The van der Waals surface area contributed by atoms with E-state index in [-0.39, 0.29) is 23.8 Å². The number of benzene rings is 2. The lowest BCUT2D eigenvalue weighted by Crippen LogP contribution is -2.21. The van der Waals surface area contributed by atoms with Crippen molar-refractivity contribution in [2.45, 2.75) is 32.2 Å². The standard InChI is InChI=1S/C22H22ClN5O3/c23-17-10-9-14(12-16(17)21-27-26-20-8-2-1-5-11-28(20)21)25-22(30)15-6-3-4-7-18(15)31-13-19(24)29/h3-4,6-7,9-10,12H,1-2,5,8,11,13H2,(H2,24,29)(H,25,30). The van der Waals surface area contributed by atoms with E-state index in [1.165, 1.54) is 0 Å². The van der Waals surface area contributed by atoms with Gasteiger partial charge in [-0.2, -0.15) is 0 Å². The maximum atomic E-state index is 12.9. The van der Waals surface area contributed by atoms with Crippen LogP contribution in [0.25, 0.3) is 11.4 Å². The summed E-state index contributed by atoms with van der Waals surface area (Å²) in [7, 11) is 0. The molecule has 2 aromatic carbocycles. The van der Waals surface area contributed by atoms with Crippen LogP contribution in [0.1, 0.15) is 35.4 Å². The van der Waals surface area contributed by atoms with Crippen LogP contribution in [0.2, 0.25) is 5.02 Å². The molecule has 0 aliphatic carbocycles. The summed E-state index contributed by atoms with van der Waals surface area (Å²) in [6.45, 7) is 0.530. The molecule has 0 unspecified atom stereocenters. The molecule has 0 bridgehead atoms. The molecule has 1 aromatic heterocycles. The fourth-order valence-electron chi connectivity index (χ4n) is 3.59. The Morgan fingerprint density at radius 1 is 1.13 bits per heavy atom. The summed E-state index contributed by atoms with van der Waals surface area (Å²) in [4.78, 5) is 23.9. The Morgan fingerprint density at radius 2 is 1.97 bits per heavy atom. The third-order valence-corrected chi connectivity index (χ3v) is 5.41. The van der Waals surface area contributed by atoms with Crippen molar-refractivity contribution >= 4 is 29.1 Å². The number of halogens is 1. The third-order valence-electron chi connectivity index (χ3n) is 5.08. The lowest BCUT2D eigenvalue weighted by atomic mass is 10.1. The molecule has 1 aliphatic rings. The first-order chi connectivity index (χ1) is 15.0. The van der Waals surface area contributed by atoms with Crippen molar-refractivity contribution in [1.29, 1.82) is 0 Å². The van der Waals surface area contributed by atoms with E-state index in [0.29, 0.717) is 22.1 Å². The van der Waals surface area contributed by atoms with Crippen LogP contribution in [0.5, 0.6) is 5.75 Å². The fourth-order valence-corrected chi connectivity index (χ4v) is 3.79. The first-order valence-corrected chi connectivity index (χ1v) is 10.4. The zero-order valence-corrected chi connectivity index (χ0v) is 17.6. The minimum atomic E-state index is -0.620. The minimum Gasteiger partial charge on any atom is -0.483 e. The number of amides is 2. The molecule has 0 saturated heterocycles. The lowest BCUT2D eigenvalue weighted by molar-refractivity contribution is -0.119. The first-order valence-electron chi connectivity index (χ1n) is 10.1. The maximum Gasteiger partial charge on any atom is 0.259 e. The number of ether oxygens (including phenoxy) is 1. The predicted octanol–water partition coefficient (Wildman–Crippen LogP) is 3.44. The summed E-state index contributed by atoms with van der Waals surface area (Å²) in [5, 5.41) is 12.1. The topological polar surface area (TPSA) is 112 Å². The van der Waals surface area contributed by atoms with E-state index in [4.69, 9.17) is 22.1 Å². The van der Waals surface area contributed by atoms with Gasteiger partial charge in [-0.25, -0.2) is 0 Å². The number of rotatable bonds is 6. The minimum absolute atomic E-state index is 0.274. The highest BCUT2D eigenvalue weighted by Gasteiger charge is 2.19. The van der Waals surface area contributed by atoms with Crippen molar-refractivity contribution in [2.24, 2.45) is 5.73 Å². The molecular formula is C22H22ClN5O3. The molecule has 0 fully saturated rings. The second-order valence-electron chi connectivity index (χ2n) is 7.30. The van der Waals surface area contributed by atoms with Gasteiger partial charge in [-0.1, -0.05) is 30.2 Å². The number of anilines is 1. The molecule has 3 aromatic rings. The lowest BCUT2D eigenvalue weighted by Gasteiger charge is -2.13. The maximum absolute atomic E-state index is 12.9. The summed E-state index contributed by atoms with van der Waals surface area (Å²) >= 11 is 6.46. The zero-order valence-electron chi connectivity index (χ0n) is 16.8. The molecule has 31 heavy (non-hydrogen) atoms. The predicted molar refractivity (Wildman–Crippen MR) is 117 cm³/mol. The second-order valence-corrected chi connectivity index (χ2v) is 7.71. The van der Waals surface area contributed by atoms with Crippen LogP contribution in [0, 0.1) is 0 Å². The average Bonchev–Trinajstić information content (AvgIpc) is 3.01. The number of hydrogen-bond donors (Lipinski definition) is 2. The van der Waals surface area contributed by atoms with Gasteiger partial charge < -0.3 is 20.4 Å². The average molecular weight is 440 g/mol. The number of carbonyl (C=O) groups excluding carboxylic acids is 2. The quantitative estimate of drug-likeness (QED) is 0.611. The van der Waals surface area contributed by atoms with Crippen molar-refractivity contribution in [2.75, 3.05) is 11.9 Å². The normalized spacial score (nSPS) is 13.2. The number of nitrogens with one attached hydrogen (secondary N) is 1. The monoisotopic (exact) mass is 439 g/mol. The van der Waals surface area contributed by atoms with Crippen molar-refractivity contribution in [1.82, 2.24) is 14.8 Å². The van der Waals surface area contributed by atoms with Gasteiger partial charge in [0, 0.05) is 24.2 Å². The van der Waals surface area contributed by atoms with Gasteiger partial charge in [0.1, 0.15) is 11.6 Å². The number of nitrogens with two attached hydrogens (primary N) is 1. The summed E-state index contributed by atoms with van der Waals surface area (Å²) in [5.41, 5.74) is 6.69. The van der Waals surface area contributed by atoms with E-state index >= 15 is 0 Å². The molecule has 9 heteroatoms. The molecular weight excluding hydrogens is 418 g/mol. The van der Waals surface area contributed by atoms with E-state index < -0.39 is 5.91 Å². The summed E-state index contributed by atoms with van der Waals surface area (Å²) in [5.74, 6) is 0.927. The number of primary amides is 1. The van der Waals surface area contributed by atoms with Crippen molar-refractivity contribution in [3.05, 3.63) is 58.9 Å². The number of aryl methyl sites for hydroxylation is 1. The molecule has 4 rings (SSSR count). The van der Waals surface area contributed by atoms with Crippen molar-refractivity contribution in [3.63, 3.8) is 0 Å². The second kappa shape index (κ2) is 9.18. The highest BCUT2D eigenvalue weighted by molar-refractivity contribution is 6.33. The smallest absolute Gasteiger partial charge is 0.259 e. The van der Waals surface area contributed by atoms with Crippen LogP contribution in [-0.2, 0) is 17.8 Å². The Morgan fingerprint density at radius 3 is 2.81 bits per heavy atom. The van der Waals surface area contributed by atoms with Crippen molar-refractivity contribution in [3.8, 4) is 17.1 Å². The van der Waals surface area contributed by atoms with Crippen LogP contribution in [0.15, 0.2) is 42.5 Å². The van der Waals surface area contributed by atoms with E-state index in [2.05, 4.69) is 20.1 Å². The number of fused-ring (bicyclic) bond motifs is 1. The Hall–Kier alpha value is -3.39. The SMILES string of the molecule is NC(=O)COc1ccccc1C(=O)Nc1ccc(Cl)c(-c2nnc3n2CCCCC3)c1. The number of para-hydroxylation sites is 1. The van der Waals surface area contributed by atoms with Gasteiger partial charge in [0.05, 0.1) is 10.6 Å². The van der Waals surface area contributed by atoms with Gasteiger partial charge >= 0.3 is 0 Å². The van der Waals surface area contributed by atoms with Gasteiger partial charge in [-0.3, -0.25) is 9.59 Å². The number of hydrogen-bond acceptors (Lipinski definition) is 5. The Labute approximate surface area is 184 Å². The van der Waals surface area contributed by atoms with Crippen LogP contribution < -0.4 is 15.8 Å². The van der Waals surface area contributed by atoms with E-state index in [9.17, 15) is 9.59 Å². The summed E-state index contributed by atoms with van der Waals surface area (Å²) < 4.78 is 7.46. The Kier molecular flexibility index (Phi) is 6.18. The summed E-state index contributed by atoms with van der Waals surface area (Å²) in [6, 6.07) is 11.9. The van der Waals surface area contributed by atoms with Gasteiger partial charge in [-0.15, -0.1) is 10.2 Å². The van der Waals surface area contributed by atoms with Crippen LogP contribution in [0.3, 0.4) is 0 Å². The molecule has 0 radical (unpaired) electrons. The largest absolute Gasteiger partial charge is 0.483 e. The van der Waals surface area contributed by atoms with Crippen molar-refractivity contribution < 1.29 is 14.3 Å². The van der Waals surface area contributed by atoms with Gasteiger partial charge in [-0.05, 0) is 43.2 Å². The fraction of sp³-hybridized carbons (Fsp3) is 0.273. The molecule has 8 nitrogen and oxygen atoms in total. The summed E-state index contributed by atoms with van der Waals surface area (Å²) in [6.07, 6.45) is 4.21. The zero-order chi connectivity index (χ0) is 21.8. The van der Waals surface area contributed by atoms with Gasteiger partial charge in [0.15, 0.2) is 12.4 Å². The molecule has 3 N–H and O–H groups in total. The number of carbonyl (C=O) groups is 2. The first kappa shape index (κ1) is 20.9. The van der Waals surface area contributed by atoms with Gasteiger partial charge in [0.25, 0.3) is 11.8 Å². The number of aromatic nitrogens is 3. The van der Waals surface area contributed by atoms with Crippen LogP contribution in [0.4, 0.5) is 5.69 Å². The molecule has 160 valence electrons. The van der Waals surface area contributed by atoms with E-state index in [0.717, 1.165) is 38.1 Å². The molecule has 2 heterocycles. The molecule has 0 atom stereocenters. The molecule has 0 saturated carbocycles. The molecule has 2 amide bonds.